The van der Waals surface area contributed by atoms with E-state index in [0.29, 0.717) is 18.9 Å². The summed E-state index contributed by atoms with van der Waals surface area (Å²) < 4.78 is 31.7. The second kappa shape index (κ2) is 8.10. The van der Waals surface area contributed by atoms with Gasteiger partial charge in [0, 0.05) is 17.9 Å². The summed E-state index contributed by atoms with van der Waals surface area (Å²) in [5.74, 6) is -1.07. The number of rotatable bonds is 6. The number of aryl methyl sites for hydroxylation is 2. The molecule has 2 heterocycles. The molecule has 0 spiro atoms. The lowest BCUT2D eigenvalue weighted by molar-refractivity contribution is -0.159. The molecule has 0 amide bonds. The van der Waals surface area contributed by atoms with Crippen LogP contribution in [0.25, 0.3) is 0 Å². The van der Waals surface area contributed by atoms with E-state index in [-0.39, 0.29) is 17.9 Å². The number of benzene rings is 1. The Labute approximate surface area is 169 Å². The van der Waals surface area contributed by atoms with Crippen LogP contribution in [0.4, 0.5) is 0 Å². The topological polar surface area (TPSA) is 126 Å². The molecular formula is C20H24N2O6S. The second-order valence-electron chi connectivity index (χ2n) is 7.25. The van der Waals surface area contributed by atoms with E-state index in [0.717, 1.165) is 17.0 Å². The Morgan fingerprint density at radius 1 is 1.24 bits per heavy atom. The number of aliphatic carboxylic acids is 1. The third-order valence-electron chi connectivity index (χ3n) is 4.95. The summed E-state index contributed by atoms with van der Waals surface area (Å²) in [6.45, 7) is 4.09. The second-order valence-corrected chi connectivity index (χ2v) is 9.38. The van der Waals surface area contributed by atoms with Gasteiger partial charge in [-0.2, -0.15) is 0 Å². The van der Waals surface area contributed by atoms with Gasteiger partial charge < -0.3 is 20.3 Å². The summed E-state index contributed by atoms with van der Waals surface area (Å²) in [4.78, 5) is 15.8. The molecule has 3 N–H and O–H groups in total. The average Bonchev–Trinajstić information content (AvgIpc) is 2.66. The van der Waals surface area contributed by atoms with E-state index in [2.05, 4.69) is 10.3 Å². The van der Waals surface area contributed by atoms with Gasteiger partial charge in [-0.1, -0.05) is 0 Å². The summed E-state index contributed by atoms with van der Waals surface area (Å²) in [5.41, 5.74) is 0.354. The van der Waals surface area contributed by atoms with Crippen LogP contribution in [0.15, 0.2) is 41.3 Å². The maximum atomic E-state index is 13.0. The molecular weight excluding hydrogens is 396 g/mol. The molecule has 3 rings (SSSR count). The van der Waals surface area contributed by atoms with Gasteiger partial charge in [-0.15, -0.1) is 0 Å². The van der Waals surface area contributed by atoms with E-state index in [4.69, 9.17) is 4.74 Å². The Balaban J connectivity index is 1.77. The molecule has 1 saturated heterocycles. The molecule has 2 atom stereocenters. The fraction of sp³-hybridized carbons (Fsp3) is 0.400. The normalized spacial score (nSPS) is 22.2. The summed E-state index contributed by atoms with van der Waals surface area (Å²) in [5, 5.41) is 21.1. The van der Waals surface area contributed by atoms with Gasteiger partial charge in [0.2, 0.25) is 0 Å². The minimum absolute atomic E-state index is 0.00410. The Morgan fingerprint density at radius 3 is 2.45 bits per heavy atom. The van der Waals surface area contributed by atoms with Crippen molar-refractivity contribution in [3.63, 3.8) is 0 Å². The summed E-state index contributed by atoms with van der Waals surface area (Å²) in [7, 11) is -4.04. The van der Waals surface area contributed by atoms with Crippen LogP contribution in [0, 0.1) is 13.8 Å². The molecule has 1 aromatic heterocycles. The molecule has 29 heavy (non-hydrogen) atoms. The number of aliphatic hydroxyl groups is 1. The highest BCUT2D eigenvalue weighted by atomic mass is 32.2. The quantitative estimate of drug-likeness (QED) is 0.637. The van der Waals surface area contributed by atoms with Gasteiger partial charge in [-0.25, -0.2) is 13.2 Å². The number of carboxylic acids is 1. The van der Waals surface area contributed by atoms with Crippen molar-refractivity contribution in [2.75, 3.05) is 13.1 Å². The number of carboxylic acid groups (broad SMARTS) is 1. The van der Waals surface area contributed by atoms with E-state index >= 15 is 0 Å². The predicted molar refractivity (Wildman–Crippen MR) is 106 cm³/mol. The minimum atomic E-state index is -4.04. The zero-order chi connectivity index (χ0) is 21.2. The average molecular weight is 420 g/mol. The number of sulfone groups is 1. The van der Waals surface area contributed by atoms with E-state index in [9.17, 15) is 23.4 Å². The first kappa shape index (κ1) is 21.2. The van der Waals surface area contributed by atoms with E-state index < -0.39 is 26.7 Å². The molecule has 0 saturated carbocycles. The number of ether oxygens (including phenoxy) is 1. The Hall–Kier alpha value is -2.49. The van der Waals surface area contributed by atoms with Crippen molar-refractivity contribution in [1.29, 1.82) is 0 Å². The predicted octanol–water partition coefficient (Wildman–Crippen LogP) is 1.23. The van der Waals surface area contributed by atoms with Crippen molar-refractivity contribution in [1.82, 2.24) is 10.3 Å². The highest BCUT2D eigenvalue weighted by Gasteiger charge is 2.52. The molecule has 1 aromatic carbocycles. The fourth-order valence-corrected chi connectivity index (χ4v) is 5.52. The van der Waals surface area contributed by atoms with Gasteiger partial charge >= 0.3 is 5.97 Å². The SMILES string of the molecule is Cc1cc(COc2ccc(S(=O)(=O)C3CCNCC3(O)C(=O)O)cc2)cc(C)n1. The van der Waals surface area contributed by atoms with Crippen LogP contribution in [0.5, 0.6) is 5.75 Å². The number of piperidine rings is 1. The third-order valence-corrected chi connectivity index (χ3v) is 7.26. The highest BCUT2D eigenvalue weighted by molar-refractivity contribution is 7.92. The number of aromatic nitrogens is 1. The lowest BCUT2D eigenvalue weighted by atomic mass is 9.94. The monoisotopic (exact) mass is 420 g/mol. The van der Waals surface area contributed by atoms with Gasteiger partial charge in [0.1, 0.15) is 17.6 Å². The fourth-order valence-electron chi connectivity index (χ4n) is 3.55. The highest BCUT2D eigenvalue weighted by Crippen LogP contribution is 2.30. The molecule has 8 nitrogen and oxygen atoms in total. The number of hydrogen-bond acceptors (Lipinski definition) is 7. The van der Waals surface area contributed by atoms with Gasteiger partial charge in [-0.3, -0.25) is 4.98 Å². The number of pyridine rings is 1. The van der Waals surface area contributed by atoms with Gasteiger partial charge in [-0.05, 0) is 68.8 Å². The molecule has 0 bridgehead atoms. The summed E-state index contributed by atoms with van der Waals surface area (Å²) in [6.07, 6.45) is 0.00410. The summed E-state index contributed by atoms with van der Waals surface area (Å²) >= 11 is 0. The Kier molecular flexibility index (Phi) is 5.92. The molecule has 156 valence electrons. The molecule has 1 aliphatic heterocycles. The van der Waals surface area contributed by atoms with Crippen molar-refractivity contribution in [3.8, 4) is 5.75 Å². The number of carbonyl (C=O) groups is 1. The summed E-state index contributed by atoms with van der Waals surface area (Å²) in [6, 6.07) is 9.62. The molecule has 9 heteroatoms. The minimum Gasteiger partial charge on any atom is -0.489 e. The van der Waals surface area contributed by atoms with Crippen molar-refractivity contribution in [2.45, 2.75) is 42.6 Å². The van der Waals surface area contributed by atoms with E-state index in [1.165, 1.54) is 24.3 Å². The molecule has 0 aliphatic carbocycles. The van der Waals surface area contributed by atoms with Crippen LogP contribution >= 0.6 is 0 Å². The molecule has 2 aromatic rings. The lowest BCUT2D eigenvalue weighted by Gasteiger charge is -2.36. The molecule has 1 aliphatic rings. The van der Waals surface area contributed by atoms with Crippen molar-refractivity contribution >= 4 is 15.8 Å². The molecule has 1 fully saturated rings. The van der Waals surface area contributed by atoms with Gasteiger partial charge in [0.05, 0.1) is 4.90 Å². The van der Waals surface area contributed by atoms with Crippen LogP contribution in [-0.2, 0) is 21.2 Å². The largest absolute Gasteiger partial charge is 0.489 e. The Bertz CT molecular complexity index is 986. The van der Waals surface area contributed by atoms with Gasteiger partial charge in [0.15, 0.2) is 15.4 Å². The number of nitrogens with one attached hydrogen (secondary N) is 1. The number of β-amino-alcohol motifs (C(OH)–C–C–N with tert-alkyl or cyclic N) is 1. The maximum absolute atomic E-state index is 13.0. The zero-order valence-electron chi connectivity index (χ0n) is 16.3. The van der Waals surface area contributed by atoms with Crippen molar-refractivity contribution in [3.05, 3.63) is 53.3 Å². The first-order valence-corrected chi connectivity index (χ1v) is 10.7. The first-order chi connectivity index (χ1) is 13.6. The van der Waals surface area contributed by atoms with Crippen LogP contribution in [-0.4, -0.2) is 53.5 Å². The Morgan fingerprint density at radius 2 is 1.86 bits per heavy atom. The molecule has 2 unspecified atom stereocenters. The van der Waals surface area contributed by atoms with Gasteiger partial charge in [0.25, 0.3) is 0 Å². The lowest BCUT2D eigenvalue weighted by Crippen LogP contribution is -2.62. The van der Waals surface area contributed by atoms with Crippen LogP contribution in [0.1, 0.15) is 23.4 Å². The maximum Gasteiger partial charge on any atom is 0.338 e. The third kappa shape index (κ3) is 4.42. The number of nitrogens with zero attached hydrogens (tertiary/aromatic N) is 1. The zero-order valence-corrected chi connectivity index (χ0v) is 17.1. The number of hydrogen-bond donors (Lipinski definition) is 3. The van der Waals surface area contributed by atoms with Crippen LogP contribution in [0.3, 0.4) is 0 Å². The van der Waals surface area contributed by atoms with Crippen molar-refractivity contribution < 1.29 is 28.2 Å². The van der Waals surface area contributed by atoms with Crippen LogP contribution < -0.4 is 10.1 Å². The van der Waals surface area contributed by atoms with Crippen molar-refractivity contribution in [2.24, 2.45) is 0 Å². The first-order valence-electron chi connectivity index (χ1n) is 9.20. The van der Waals surface area contributed by atoms with E-state index in [1.807, 2.05) is 26.0 Å². The molecule has 0 radical (unpaired) electrons. The standard InChI is InChI=1S/C20H24N2O6S/c1-13-9-15(10-14(2)22-13)11-28-16-3-5-17(6-4-16)29(26,27)18-7-8-21-12-20(18,25)19(23)24/h3-6,9-10,18,21,25H,7-8,11-12H2,1-2H3,(H,23,24). The van der Waals surface area contributed by atoms with E-state index in [1.54, 1.807) is 0 Å². The smallest absolute Gasteiger partial charge is 0.338 e. The van der Waals surface area contributed by atoms with Crippen LogP contribution in [0.2, 0.25) is 0 Å².